The average Bonchev–Trinajstić information content (AvgIpc) is 2.86. The van der Waals surface area contributed by atoms with Crippen LogP contribution in [0.15, 0.2) is 6.20 Å². The fourth-order valence-corrected chi connectivity index (χ4v) is 1.93. The number of aromatic nitrogens is 2. The van der Waals surface area contributed by atoms with Crippen molar-refractivity contribution in [2.75, 3.05) is 12.4 Å². The molecular weight excluding hydrogens is 360 g/mol. The lowest BCUT2D eigenvalue weighted by Crippen LogP contribution is -2.54. The summed E-state index contributed by atoms with van der Waals surface area (Å²) in [5, 5.41) is 14.9. The highest BCUT2D eigenvalue weighted by atomic mass is 19.4. The summed E-state index contributed by atoms with van der Waals surface area (Å²) < 4.78 is 84.0. The van der Waals surface area contributed by atoms with Crippen LogP contribution < -0.4 is 5.32 Å². The van der Waals surface area contributed by atoms with E-state index in [-0.39, 0.29) is 6.20 Å². The quantitative estimate of drug-likeness (QED) is 0.774. The lowest BCUT2D eigenvalue weighted by atomic mass is 9.94. The van der Waals surface area contributed by atoms with Gasteiger partial charge in [-0.3, -0.25) is 4.79 Å². The summed E-state index contributed by atoms with van der Waals surface area (Å²) in [5.74, 6) is -1.92. The Balaban J connectivity index is 3.62. The molecule has 144 valence electrons. The van der Waals surface area contributed by atoms with Crippen LogP contribution in [0.2, 0.25) is 0 Å². The second-order valence-electron chi connectivity index (χ2n) is 5.52. The lowest BCUT2D eigenvalue weighted by molar-refractivity contribution is -0.376. The van der Waals surface area contributed by atoms with E-state index in [2.05, 4.69) is 9.84 Å². The Morgan fingerprint density at radius 3 is 2.04 bits per heavy atom. The van der Waals surface area contributed by atoms with Crippen LogP contribution in [-0.4, -0.2) is 46.4 Å². The number of aliphatic hydroxyl groups is 1. The molecule has 1 rings (SSSR count). The third kappa shape index (κ3) is 3.73. The molecule has 0 aliphatic rings. The van der Waals surface area contributed by atoms with E-state index in [1.54, 1.807) is 0 Å². The molecule has 0 spiro atoms. The minimum absolute atomic E-state index is 0.230. The van der Waals surface area contributed by atoms with Crippen LogP contribution in [0.4, 0.5) is 32.2 Å². The van der Waals surface area contributed by atoms with Gasteiger partial charge in [0.05, 0.1) is 11.8 Å². The van der Waals surface area contributed by atoms with E-state index in [1.807, 2.05) is 5.32 Å². The molecule has 0 saturated carbocycles. The van der Waals surface area contributed by atoms with E-state index in [0.29, 0.717) is 0 Å². The monoisotopic (exact) mass is 377 g/mol. The maximum Gasteiger partial charge on any atom is 0.430 e. The Morgan fingerprint density at radius 2 is 1.68 bits per heavy atom. The zero-order valence-corrected chi connectivity index (χ0v) is 13.7. The molecule has 1 atom stereocenters. The molecule has 1 aromatic heterocycles. The van der Waals surface area contributed by atoms with Crippen LogP contribution in [0.1, 0.15) is 32.4 Å². The molecule has 0 saturated heterocycles. The Hall–Kier alpha value is -1.82. The van der Waals surface area contributed by atoms with Gasteiger partial charge in [-0.05, 0) is 20.8 Å². The van der Waals surface area contributed by atoms with Crippen LogP contribution in [-0.2, 0) is 15.1 Å². The Bertz CT molecular complexity index is 610. The third-order valence-electron chi connectivity index (χ3n) is 3.46. The smallest absolute Gasteiger partial charge is 0.372 e. The predicted octanol–water partition coefficient (Wildman–Crippen LogP) is 2.75. The number of carbonyl (C=O) groups is 1. The van der Waals surface area contributed by atoms with Crippen LogP contribution in [0.25, 0.3) is 0 Å². The fraction of sp³-hybridized carbons (Fsp3) is 0.692. The number of halogens is 6. The number of ether oxygens (including phenoxy) is 1. The van der Waals surface area contributed by atoms with Gasteiger partial charge < -0.3 is 15.2 Å². The van der Waals surface area contributed by atoms with E-state index in [1.165, 1.54) is 20.8 Å². The minimum Gasteiger partial charge on any atom is -0.372 e. The number of alkyl halides is 6. The van der Waals surface area contributed by atoms with Crippen molar-refractivity contribution in [3.63, 3.8) is 0 Å². The molecule has 6 nitrogen and oxygen atoms in total. The number of rotatable bonds is 5. The summed E-state index contributed by atoms with van der Waals surface area (Å²) >= 11 is 0. The van der Waals surface area contributed by atoms with Crippen molar-refractivity contribution < 1.29 is 41.0 Å². The van der Waals surface area contributed by atoms with E-state index in [4.69, 9.17) is 0 Å². The highest BCUT2D eigenvalue weighted by molar-refractivity contribution is 5.94. The molecule has 0 aliphatic carbocycles. The summed E-state index contributed by atoms with van der Waals surface area (Å²) in [6.07, 6.45) is -13.1. The standard InChI is InChI=1S/C13H17F6N3O3/c1-6(2)22-9(21-10(23)7(3)25-4)8(5-20-22)11(24,12(14,15)16)13(17,18)19/h5-7,24H,1-4H3,(H,21,23). The van der Waals surface area contributed by atoms with Crippen LogP contribution in [0.3, 0.4) is 0 Å². The summed E-state index contributed by atoms with van der Waals surface area (Å²) in [6, 6.07) is -0.701. The molecule has 12 heteroatoms. The van der Waals surface area contributed by atoms with Gasteiger partial charge in [0.2, 0.25) is 0 Å². The Labute approximate surface area is 138 Å². The van der Waals surface area contributed by atoms with Crippen molar-refractivity contribution in [1.29, 1.82) is 0 Å². The first-order valence-electron chi connectivity index (χ1n) is 6.95. The first-order chi connectivity index (χ1) is 11.2. The third-order valence-corrected chi connectivity index (χ3v) is 3.46. The highest BCUT2D eigenvalue weighted by Crippen LogP contribution is 2.52. The van der Waals surface area contributed by atoms with Crippen molar-refractivity contribution in [2.24, 2.45) is 0 Å². The first-order valence-corrected chi connectivity index (χ1v) is 6.95. The molecule has 0 aliphatic heterocycles. The SMILES string of the molecule is COC(C)C(=O)Nc1c(C(O)(C(F)(F)F)C(F)(F)F)cnn1C(C)C. The van der Waals surface area contributed by atoms with Gasteiger partial charge in [0.25, 0.3) is 11.5 Å². The molecule has 1 unspecified atom stereocenters. The van der Waals surface area contributed by atoms with Crippen LogP contribution in [0, 0.1) is 0 Å². The molecule has 0 bridgehead atoms. The zero-order chi connectivity index (χ0) is 19.8. The molecule has 0 fully saturated rings. The zero-order valence-electron chi connectivity index (χ0n) is 13.7. The fourth-order valence-electron chi connectivity index (χ4n) is 1.93. The van der Waals surface area contributed by atoms with Crippen LogP contribution >= 0.6 is 0 Å². The van der Waals surface area contributed by atoms with E-state index >= 15 is 0 Å². The number of nitrogens with one attached hydrogen (secondary N) is 1. The number of methoxy groups -OCH3 is 1. The van der Waals surface area contributed by atoms with Gasteiger partial charge in [0.15, 0.2) is 0 Å². The largest absolute Gasteiger partial charge is 0.430 e. The van der Waals surface area contributed by atoms with Gasteiger partial charge in [0, 0.05) is 13.2 Å². The summed E-state index contributed by atoms with van der Waals surface area (Å²) in [7, 11) is 1.13. The van der Waals surface area contributed by atoms with Gasteiger partial charge in [-0.2, -0.15) is 31.4 Å². The molecule has 25 heavy (non-hydrogen) atoms. The van der Waals surface area contributed by atoms with Gasteiger partial charge in [0.1, 0.15) is 11.9 Å². The minimum atomic E-state index is -6.09. The normalized spacial score (nSPS) is 14.7. The maximum absolute atomic E-state index is 13.1. The van der Waals surface area contributed by atoms with Crippen LogP contribution in [0.5, 0.6) is 0 Å². The van der Waals surface area contributed by atoms with Gasteiger partial charge in [-0.25, -0.2) is 4.68 Å². The number of hydrogen-bond donors (Lipinski definition) is 2. The molecular formula is C13H17F6N3O3. The van der Waals surface area contributed by atoms with E-state index < -0.39 is 47.4 Å². The maximum atomic E-state index is 13.1. The second-order valence-corrected chi connectivity index (χ2v) is 5.52. The molecule has 1 amide bonds. The number of carbonyl (C=O) groups excluding carboxylic acids is 1. The number of hydrogen-bond acceptors (Lipinski definition) is 4. The van der Waals surface area contributed by atoms with Gasteiger partial charge in [-0.15, -0.1) is 0 Å². The van der Waals surface area contributed by atoms with Crippen molar-refractivity contribution in [3.8, 4) is 0 Å². The average molecular weight is 377 g/mol. The van der Waals surface area contributed by atoms with Crippen molar-refractivity contribution in [1.82, 2.24) is 9.78 Å². The van der Waals surface area contributed by atoms with Crippen molar-refractivity contribution >= 4 is 11.7 Å². The lowest BCUT2D eigenvalue weighted by Gasteiger charge is -2.32. The summed E-state index contributed by atoms with van der Waals surface area (Å²) in [5.41, 5.74) is -6.83. The van der Waals surface area contributed by atoms with Crippen molar-refractivity contribution in [3.05, 3.63) is 11.8 Å². The Morgan fingerprint density at radius 1 is 1.20 bits per heavy atom. The first kappa shape index (κ1) is 21.2. The topological polar surface area (TPSA) is 76.4 Å². The summed E-state index contributed by atoms with van der Waals surface area (Å²) in [4.78, 5) is 11.9. The molecule has 1 aromatic rings. The number of nitrogens with zero attached hydrogens (tertiary/aromatic N) is 2. The molecule has 0 aromatic carbocycles. The number of amides is 1. The predicted molar refractivity (Wildman–Crippen MR) is 73.7 cm³/mol. The molecule has 0 radical (unpaired) electrons. The van der Waals surface area contributed by atoms with Gasteiger partial charge >= 0.3 is 12.4 Å². The number of anilines is 1. The molecule has 1 heterocycles. The van der Waals surface area contributed by atoms with Crippen molar-refractivity contribution in [2.45, 2.75) is 50.9 Å². The van der Waals surface area contributed by atoms with Gasteiger partial charge in [-0.1, -0.05) is 0 Å². The highest BCUT2D eigenvalue weighted by Gasteiger charge is 2.72. The second kappa shape index (κ2) is 6.83. The summed E-state index contributed by atoms with van der Waals surface area (Å²) in [6.45, 7) is 4.09. The Kier molecular flexibility index (Phi) is 5.79. The van der Waals surface area contributed by atoms with E-state index in [0.717, 1.165) is 11.8 Å². The van der Waals surface area contributed by atoms with E-state index in [9.17, 15) is 36.2 Å². The molecule has 2 N–H and O–H groups in total.